The lowest BCUT2D eigenvalue weighted by Gasteiger charge is -2.14. The Morgan fingerprint density at radius 2 is 1.91 bits per heavy atom. The minimum Gasteiger partial charge on any atom is -0.508 e. The molecule has 1 amide bonds. The maximum Gasteiger partial charge on any atom is 0.313 e. The third kappa shape index (κ3) is 2.67. The third-order valence-corrected chi connectivity index (χ3v) is 4.28. The van der Waals surface area contributed by atoms with Gasteiger partial charge in [-0.1, -0.05) is 12.1 Å². The molecule has 0 unspecified atom stereocenters. The topological polar surface area (TPSA) is 95.9 Å². The van der Waals surface area contributed by atoms with Crippen molar-refractivity contribution in [2.45, 2.75) is 12.8 Å². The number of esters is 1. The van der Waals surface area contributed by atoms with Crippen LogP contribution < -0.4 is 5.32 Å². The molecule has 1 saturated carbocycles. The van der Waals surface area contributed by atoms with Crippen LogP contribution in [-0.4, -0.2) is 35.7 Å². The van der Waals surface area contributed by atoms with Crippen molar-refractivity contribution in [3.63, 3.8) is 0 Å². The molecule has 1 aliphatic rings. The van der Waals surface area contributed by atoms with E-state index in [1.54, 1.807) is 12.1 Å². The second-order valence-corrected chi connectivity index (χ2v) is 5.82. The molecule has 3 N–H and O–H groups in total. The summed E-state index contributed by atoms with van der Waals surface area (Å²) in [5, 5.41) is 23.6. The van der Waals surface area contributed by atoms with Gasteiger partial charge in [0.25, 0.3) is 5.91 Å². The Morgan fingerprint density at radius 1 is 1.22 bits per heavy atom. The van der Waals surface area contributed by atoms with Gasteiger partial charge in [0.05, 0.1) is 18.1 Å². The zero-order valence-electron chi connectivity index (χ0n) is 12.6. The van der Waals surface area contributed by atoms with E-state index in [1.807, 2.05) is 0 Å². The van der Waals surface area contributed by atoms with E-state index in [0.717, 1.165) is 0 Å². The van der Waals surface area contributed by atoms with Crippen molar-refractivity contribution < 1.29 is 24.5 Å². The van der Waals surface area contributed by atoms with Crippen molar-refractivity contribution in [3.05, 3.63) is 35.9 Å². The number of ether oxygens (including phenoxy) is 1. The zero-order valence-corrected chi connectivity index (χ0v) is 12.6. The molecule has 2 aromatic rings. The maximum atomic E-state index is 12.3. The van der Waals surface area contributed by atoms with Gasteiger partial charge in [-0.2, -0.15) is 0 Å². The van der Waals surface area contributed by atoms with Gasteiger partial charge >= 0.3 is 5.97 Å². The van der Waals surface area contributed by atoms with E-state index in [9.17, 15) is 19.8 Å². The molecule has 2 aromatic carbocycles. The lowest BCUT2D eigenvalue weighted by atomic mass is 10.0. The Bertz CT molecular complexity index is 795. The lowest BCUT2D eigenvalue weighted by Crippen LogP contribution is -2.34. The molecule has 120 valence electrons. The number of fused-ring (bicyclic) bond motifs is 1. The number of benzene rings is 2. The van der Waals surface area contributed by atoms with Gasteiger partial charge in [-0.05, 0) is 36.4 Å². The van der Waals surface area contributed by atoms with Gasteiger partial charge < -0.3 is 20.3 Å². The standard InChI is InChI=1S/C17H17NO5/c1-23-16(22)17(6-7-17)9-18-15(21)12-5-3-10-2-4-11(19)8-13(10)14(12)20/h2-5,8,19-20H,6-7,9H2,1H3,(H,18,21). The highest BCUT2D eigenvalue weighted by atomic mass is 16.5. The number of nitrogens with one attached hydrogen (secondary N) is 1. The van der Waals surface area contributed by atoms with Gasteiger partial charge in [-0.15, -0.1) is 0 Å². The molecule has 0 heterocycles. The summed E-state index contributed by atoms with van der Waals surface area (Å²) in [6.07, 6.45) is 1.36. The van der Waals surface area contributed by atoms with Gasteiger partial charge in [0.2, 0.25) is 0 Å². The van der Waals surface area contributed by atoms with Crippen LogP contribution in [0.15, 0.2) is 30.3 Å². The monoisotopic (exact) mass is 315 g/mol. The van der Waals surface area contributed by atoms with Crippen LogP contribution in [0.4, 0.5) is 0 Å². The van der Waals surface area contributed by atoms with Crippen molar-refractivity contribution in [3.8, 4) is 11.5 Å². The van der Waals surface area contributed by atoms with Crippen LogP contribution in [0, 0.1) is 5.41 Å². The number of methoxy groups -OCH3 is 1. The van der Waals surface area contributed by atoms with Gasteiger partial charge in [-0.25, -0.2) is 0 Å². The predicted octanol–water partition coefficient (Wildman–Crippen LogP) is 1.93. The van der Waals surface area contributed by atoms with E-state index in [2.05, 4.69) is 5.32 Å². The first-order chi connectivity index (χ1) is 11.0. The molecule has 1 aliphatic carbocycles. The normalized spacial score (nSPS) is 15.2. The van der Waals surface area contributed by atoms with Crippen molar-refractivity contribution in [1.82, 2.24) is 5.32 Å². The number of hydrogen-bond acceptors (Lipinski definition) is 5. The summed E-state index contributed by atoms with van der Waals surface area (Å²) in [5.41, 5.74) is -0.529. The molecule has 6 nitrogen and oxygen atoms in total. The first-order valence-corrected chi connectivity index (χ1v) is 7.28. The number of hydrogen-bond donors (Lipinski definition) is 3. The highest BCUT2D eigenvalue weighted by molar-refractivity contribution is 6.04. The smallest absolute Gasteiger partial charge is 0.313 e. The fraction of sp³-hybridized carbons (Fsp3) is 0.294. The van der Waals surface area contributed by atoms with E-state index in [1.165, 1.54) is 25.3 Å². The number of rotatable bonds is 4. The first kappa shape index (κ1) is 15.1. The molecule has 0 bridgehead atoms. The summed E-state index contributed by atoms with van der Waals surface area (Å²) in [6.45, 7) is 0.177. The van der Waals surface area contributed by atoms with Gasteiger partial charge in [0, 0.05) is 11.9 Å². The van der Waals surface area contributed by atoms with E-state index < -0.39 is 11.3 Å². The molecule has 0 radical (unpaired) electrons. The maximum absolute atomic E-state index is 12.3. The van der Waals surface area contributed by atoms with Crippen LogP contribution in [0.25, 0.3) is 10.8 Å². The van der Waals surface area contributed by atoms with Crippen molar-refractivity contribution in [2.24, 2.45) is 5.41 Å². The minimum atomic E-state index is -0.630. The zero-order chi connectivity index (χ0) is 16.6. The van der Waals surface area contributed by atoms with E-state index in [0.29, 0.717) is 23.6 Å². The Hall–Kier alpha value is -2.76. The summed E-state index contributed by atoms with van der Waals surface area (Å²) in [7, 11) is 1.33. The van der Waals surface area contributed by atoms with E-state index in [-0.39, 0.29) is 29.6 Å². The average molecular weight is 315 g/mol. The Balaban J connectivity index is 1.81. The third-order valence-electron chi connectivity index (χ3n) is 4.28. The van der Waals surface area contributed by atoms with Gasteiger partial charge in [0.15, 0.2) is 0 Å². The predicted molar refractivity (Wildman–Crippen MR) is 83.3 cm³/mol. The highest BCUT2D eigenvalue weighted by Crippen LogP contribution is 2.46. The van der Waals surface area contributed by atoms with Crippen LogP contribution in [0.2, 0.25) is 0 Å². The fourth-order valence-corrected chi connectivity index (χ4v) is 2.64. The van der Waals surface area contributed by atoms with Gasteiger partial charge in [0.1, 0.15) is 11.5 Å². The number of amides is 1. The molecule has 0 saturated heterocycles. The summed E-state index contributed by atoms with van der Waals surface area (Å²) in [4.78, 5) is 24.0. The highest BCUT2D eigenvalue weighted by Gasteiger charge is 2.51. The molecule has 23 heavy (non-hydrogen) atoms. The van der Waals surface area contributed by atoms with Gasteiger partial charge in [-0.3, -0.25) is 9.59 Å². The second kappa shape index (κ2) is 5.46. The second-order valence-electron chi connectivity index (χ2n) is 5.82. The first-order valence-electron chi connectivity index (χ1n) is 7.28. The quantitative estimate of drug-likeness (QED) is 0.749. The molecule has 0 aromatic heterocycles. The van der Waals surface area contributed by atoms with Crippen LogP contribution >= 0.6 is 0 Å². The number of carbonyl (C=O) groups excluding carboxylic acids is 2. The SMILES string of the molecule is COC(=O)C1(CNC(=O)c2ccc3ccc(O)cc3c2O)CC1. The molecule has 3 rings (SSSR count). The molecule has 0 aliphatic heterocycles. The molecule has 0 spiro atoms. The molecular weight excluding hydrogens is 298 g/mol. The van der Waals surface area contributed by atoms with Crippen molar-refractivity contribution in [1.29, 1.82) is 0 Å². The average Bonchev–Trinajstić information content (AvgIpc) is 3.34. The Morgan fingerprint density at radius 3 is 2.57 bits per heavy atom. The number of aromatic hydroxyl groups is 2. The van der Waals surface area contributed by atoms with E-state index in [4.69, 9.17) is 4.74 Å². The fourth-order valence-electron chi connectivity index (χ4n) is 2.64. The number of phenols is 2. The minimum absolute atomic E-state index is 0.00739. The van der Waals surface area contributed by atoms with Crippen molar-refractivity contribution >= 4 is 22.6 Å². The van der Waals surface area contributed by atoms with Crippen LogP contribution in [-0.2, 0) is 9.53 Å². The van der Waals surface area contributed by atoms with E-state index >= 15 is 0 Å². The largest absolute Gasteiger partial charge is 0.508 e. The molecule has 1 fully saturated rings. The number of carbonyl (C=O) groups is 2. The summed E-state index contributed by atoms with van der Waals surface area (Å²) in [5.74, 6) is -0.986. The van der Waals surface area contributed by atoms with Crippen LogP contribution in [0.3, 0.4) is 0 Å². The number of phenolic OH excluding ortho intramolecular Hbond substituents is 2. The van der Waals surface area contributed by atoms with Crippen molar-refractivity contribution in [2.75, 3.05) is 13.7 Å². The van der Waals surface area contributed by atoms with Crippen LogP contribution in [0.1, 0.15) is 23.2 Å². The summed E-state index contributed by atoms with van der Waals surface area (Å²) in [6, 6.07) is 7.77. The summed E-state index contributed by atoms with van der Waals surface area (Å²) >= 11 is 0. The summed E-state index contributed by atoms with van der Waals surface area (Å²) < 4.78 is 4.74. The van der Waals surface area contributed by atoms with Crippen LogP contribution in [0.5, 0.6) is 11.5 Å². The molecular formula is C17H17NO5. The molecule has 6 heteroatoms. The Labute approximate surface area is 132 Å². The lowest BCUT2D eigenvalue weighted by molar-refractivity contribution is -0.146. The Kier molecular flexibility index (Phi) is 3.60. The molecule has 0 atom stereocenters.